The van der Waals surface area contributed by atoms with E-state index in [0.717, 1.165) is 0 Å². The van der Waals surface area contributed by atoms with Crippen molar-refractivity contribution in [2.24, 2.45) is 0 Å². The number of carbonyl (C=O) groups excluding carboxylic acids is 1. The molecule has 0 aromatic heterocycles. The monoisotopic (exact) mass is 272 g/mol. The third kappa shape index (κ3) is 2.59. The van der Waals surface area contributed by atoms with Crippen LogP contribution in [0.1, 0.15) is 6.92 Å². The van der Waals surface area contributed by atoms with Gasteiger partial charge in [0, 0.05) is 24.2 Å². The third-order valence-corrected chi connectivity index (χ3v) is 2.72. The summed E-state index contributed by atoms with van der Waals surface area (Å²) in [6, 6.07) is 10.7. The molecule has 20 heavy (non-hydrogen) atoms. The topological polar surface area (TPSA) is 92.5 Å². The number of hydrogen-bond acceptors (Lipinski definition) is 4. The lowest BCUT2D eigenvalue weighted by Gasteiger charge is -2.11. The lowest BCUT2D eigenvalue weighted by Crippen LogP contribution is -2.07. The Bertz CT molecular complexity index is 683. The first kappa shape index (κ1) is 13.5. The number of nitro groups is 1. The minimum Gasteiger partial charge on any atom is -0.507 e. The summed E-state index contributed by atoms with van der Waals surface area (Å²) in [5.41, 5.74) is 0.668. The molecule has 102 valence electrons. The SMILES string of the molecule is CC(=O)Nc1ccccc1-c1c(O)cccc1[N+](=O)[O-]. The van der Waals surface area contributed by atoms with Crippen molar-refractivity contribution >= 4 is 17.3 Å². The number of aromatic hydroxyl groups is 1. The van der Waals surface area contributed by atoms with Gasteiger partial charge < -0.3 is 10.4 Å². The maximum Gasteiger partial charge on any atom is 0.281 e. The standard InChI is InChI=1S/C14H12N2O4/c1-9(17)15-11-6-3-2-5-10(11)14-12(16(19)20)7-4-8-13(14)18/h2-8,18H,1H3,(H,15,17). The van der Waals surface area contributed by atoms with Crippen LogP contribution in [0.25, 0.3) is 11.1 Å². The van der Waals surface area contributed by atoms with Gasteiger partial charge in [-0.25, -0.2) is 0 Å². The predicted molar refractivity (Wildman–Crippen MR) is 74.5 cm³/mol. The first-order chi connectivity index (χ1) is 9.50. The summed E-state index contributed by atoms with van der Waals surface area (Å²) in [5.74, 6) is -0.507. The molecular weight excluding hydrogens is 260 g/mol. The van der Waals surface area contributed by atoms with Crippen molar-refractivity contribution in [2.75, 3.05) is 5.32 Å². The van der Waals surface area contributed by atoms with Gasteiger partial charge in [0.15, 0.2) is 0 Å². The number of amides is 1. The van der Waals surface area contributed by atoms with Crippen LogP contribution in [0.4, 0.5) is 11.4 Å². The van der Waals surface area contributed by atoms with Gasteiger partial charge in [-0.3, -0.25) is 14.9 Å². The summed E-state index contributed by atoms with van der Waals surface area (Å²) in [7, 11) is 0. The lowest BCUT2D eigenvalue weighted by molar-refractivity contribution is -0.384. The first-order valence-corrected chi connectivity index (χ1v) is 5.84. The Morgan fingerprint density at radius 2 is 1.90 bits per heavy atom. The number of nitrogens with zero attached hydrogens (tertiary/aromatic N) is 1. The molecule has 0 heterocycles. The van der Waals surface area contributed by atoms with Crippen molar-refractivity contribution in [3.05, 3.63) is 52.6 Å². The van der Waals surface area contributed by atoms with Gasteiger partial charge in [-0.05, 0) is 12.1 Å². The van der Waals surface area contributed by atoms with Crippen molar-refractivity contribution in [3.8, 4) is 16.9 Å². The Labute approximate surface area is 114 Å². The van der Waals surface area contributed by atoms with Crippen molar-refractivity contribution in [2.45, 2.75) is 6.92 Å². The van der Waals surface area contributed by atoms with Crippen LogP contribution in [0, 0.1) is 10.1 Å². The Kier molecular flexibility index (Phi) is 3.65. The first-order valence-electron chi connectivity index (χ1n) is 5.84. The Morgan fingerprint density at radius 3 is 2.55 bits per heavy atom. The van der Waals surface area contributed by atoms with Gasteiger partial charge in [0.05, 0.1) is 4.92 Å². The third-order valence-electron chi connectivity index (χ3n) is 2.72. The minimum atomic E-state index is -0.570. The summed E-state index contributed by atoms with van der Waals surface area (Å²) in [6.45, 7) is 1.34. The van der Waals surface area contributed by atoms with E-state index in [1.165, 1.54) is 25.1 Å². The molecule has 0 aliphatic carbocycles. The predicted octanol–water partition coefficient (Wildman–Crippen LogP) is 2.93. The quantitative estimate of drug-likeness (QED) is 0.663. The molecule has 0 fully saturated rings. The van der Waals surface area contributed by atoms with E-state index in [0.29, 0.717) is 11.3 Å². The van der Waals surface area contributed by atoms with E-state index < -0.39 is 4.92 Å². The molecule has 0 spiro atoms. The number of nitrogens with one attached hydrogen (secondary N) is 1. The molecule has 1 amide bonds. The highest BCUT2D eigenvalue weighted by atomic mass is 16.6. The molecule has 0 saturated carbocycles. The molecule has 6 heteroatoms. The fraction of sp³-hybridized carbons (Fsp3) is 0.0714. The molecule has 2 aromatic rings. The second-order valence-electron chi connectivity index (χ2n) is 4.16. The van der Waals surface area contributed by atoms with Crippen molar-refractivity contribution in [1.29, 1.82) is 0 Å². The van der Waals surface area contributed by atoms with Gasteiger partial charge >= 0.3 is 0 Å². The summed E-state index contributed by atoms with van der Waals surface area (Å²) >= 11 is 0. The van der Waals surface area contributed by atoms with E-state index >= 15 is 0 Å². The molecular formula is C14H12N2O4. The molecule has 0 unspecified atom stereocenters. The second kappa shape index (κ2) is 5.40. The summed E-state index contributed by atoms with van der Waals surface area (Å²) in [4.78, 5) is 21.7. The summed E-state index contributed by atoms with van der Waals surface area (Å²) in [5, 5.41) is 23.6. The zero-order valence-corrected chi connectivity index (χ0v) is 10.7. The van der Waals surface area contributed by atoms with E-state index in [1.54, 1.807) is 24.3 Å². The van der Waals surface area contributed by atoms with Crippen molar-refractivity contribution < 1.29 is 14.8 Å². The highest BCUT2D eigenvalue weighted by molar-refractivity contribution is 5.96. The number of anilines is 1. The van der Waals surface area contributed by atoms with Crippen molar-refractivity contribution in [1.82, 2.24) is 0 Å². The zero-order chi connectivity index (χ0) is 14.7. The molecule has 0 atom stereocenters. The maximum atomic E-state index is 11.2. The number of phenols is 1. The lowest BCUT2D eigenvalue weighted by atomic mass is 10.0. The van der Waals surface area contributed by atoms with E-state index in [2.05, 4.69) is 5.32 Å². The van der Waals surface area contributed by atoms with E-state index in [9.17, 15) is 20.0 Å². The molecule has 2 rings (SSSR count). The van der Waals surface area contributed by atoms with Crippen LogP contribution in [-0.4, -0.2) is 15.9 Å². The van der Waals surface area contributed by atoms with Crippen LogP contribution in [0.3, 0.4) is 0 Å². The number of nitro benzene ring substituents is 1. The Balaban J connectivity index is 2.68. The number of para-hydroxylation sites is 1. The fourth-order valence-electron chi connectivity index (χ4n) is 1.96. The molecule has 0 aliphatic heterocycles. The molecule has 6 nitrogen and oxygen atoms in total. The average molecular weight is 272 g/mol. The van der Waals surface area contributed by atoms with Crippen LogP contribution in [0.5, 0.6) is 5.75 Å². The van der Waals surface area contributed by atoms with E-state index in [-0.39, 0.29) is 22.9 Å². The van der Waals surface area contributed by atoms with Gasteiger partial charge in [-0.1, -0.05) is 24.3 Å². The van der Waals surface area contributed by atoms with Gasteiger partial charge in [-0.2, -0.15) is 0 Å². The fourth-order valence-corrected chi connectivity index (χ4v) is 1.96. The minimum absolute atomic E-state index is 0.0850. The van der Waals surface area contributed by atoms with Crippen LogP contribution >= 0.6 is 0 Å². The number of carbonyl (C=O) groups is 1. The van der Waals surface area contributed by atoms with Gasteiger partial charge in [0.25, 0.3) is 5.69 Å². The average Bonchev–Trinajstić information content (AvgIpc) is 2.38. The van der Waals surface area contributed by atoms with Crippen LogP contribution in [-0.2, 0) is 4.79 Å². The molecule has 2 N–H and O–H groups in total. The summed E-state index contributed by atoms with van der Waals surface area (Å²) < 4.78 is 0. The molecule has 0 aliphatic rings. The van der Waals surface area contributed by atoms with Crippen LogP contribution < -0.4 is 5.32 Å². The number of benzene rings is 2. The van der Waals surface area contributed by atoms with Gasteiger partial charge in [-0.15, -0.1) is 0 Å². The van der Waals surface area contributed by atoms with Crippen LogP contribution in [0.2, 0.25) is 0 Å². The van der Waals surface area contributed by atoms with Crippen LogP contribution in [0.15, 0.2) is 42.5 Å². The maximum absolute atomic E-state index is 11.2. The molecule has 0 saturated heterocycles. The number of hydrogen-bond donors (Lipinski definition) is 2. The molecule has 0 bridgehead atoms. The number of rotatable bonds is 3. The molecule has 2 aromatic carbocycles. The van der Waals surface area contributed by atoms with E-state index in [4.69, 9.17) is 0 Å². The van der Waals surface area contributed by atoms with Crippen molar-refractivity contribution in [3.63, 3.8) is 0 Å². The highest BCUT2D eigenvalue weighted by Gasteiger charge is 2.21. The van der Waals surface area contributed by atoms with E-state index in [1.807, 2.05) is 0 Å². The second-order valence-corrected chi connectivity index (χ2v) is 4.16. The number of phenolic OH excluding ortho intramolecular Hbond substituents is 1. The normalized spacial score (nSPS) is 10.1. The largest absolute Gasteiger partial charge is 0.507 e. The smallest absolute Gasteiger partial charge is 0.281 e. The molecule has 0 radical (unpaired) electrons. The highest BCUT2D eigenvalue weighted by Crippen LogP contribution is 2.40. The Hall–Kier alpha value is -2.89. The van der Waals surface area contributed by atoms with Gasteiger partial charge in [0.1, 0.15) is 11.3 Å². The van der Waals surface area contributed by atoms with Gasteiger partial charge in [0.2, 0.25) is 5.91 Å². The zero-order valence-electron chi connectivity index (χ0n) is 10.7. The Morgan fingerprint density at radius 1 is 1.20 bits per heavy atom. The summed E-state index contributed by atoms with van der Waals surface area (Å²) in [6.07, 6.45) is 0.